The summed E-state index contributed by atoms with van der Waals surface area (Å²) in [6, 6.07) is 12.2. The second-order valence-corrected chi connectivity index (χ2v) is 6.40. The fourth-order valence-electron chi connectivity index (χ4n) is 2.29. The van der Waals surface area contributed by atoms with Crippen LogP contribution >= 0.6 is 11.8 Å². The van der Waals surface area contributed by atoms with Crippen molar-refractivity contribution in [2.75, 3.05) is 12.9 Å². The van der Waals surface area contributed by atoms with Gasteiger partial charge in [0.15, 0.2) is 18.6 Å². The molecule has 3 aromatic rings. The quantitative estimate of drug-likeness (QED) is 0.166. The number of aromatic carboxylic acids is 1. The predicted molar refractivity (Wildman–Crippen MR) is 96.7 cm³/mol. The number of carbonyl (C=O) groups is 2. The van der Waals surface area contributed by atoms with Gasteiger partial charge < -0.3 is 29.1 Å². The third kappa shape index (κ3) is 5.35. The summed E-state index contributed by atoms with van der Waals surface area (Å²) in [7, 11) is 1.26. The number of aromatic nitrogens is 4. The molecule has 0 bridgehead atoms. The largest absolute Gasteiger partial charge is 1.00 e. The van der Waals surface area contributed by atoms with Gasteiger partial charge in [-0.05, 0) is 58.5 Å². The summed E-state index contributed by atoms with van der Waals surface area (Å²) in [4.78, 5) is 39.6. The van der Waals surface area contributed by atoms with E-state index in [1.54, 1.807) is 24.3 Å². The van der Waals surface area contributed by atoms with E-state index in [0.717, 1.165) is 0 Å². The molecule has 1 aromatic heterocycles. The van der Waals surface area contributed by atoms with Crippen molar-refractivity contribution in [2.24, 2.45) is 0 Å². The second kappa shape index (κ2) is 10.1. The van der Waals surface area contributed by atoms with Crippen molar-refractivity contribution in [3.8, 4) is 5.69 Å². The van der Waals surface area contributed by atoms with Gasteiger partial charge in [0.1, 0.15) is 5.21 Å². The third-order valence-corrected chi connectivity index (χ3v) is 4.66. The lowest BCUT2D eigenvalue weighted by atomic mass is 10.1. The Labute approximate surface area is 185 Å². The van der Waals surface area contributed by atoms with Crippen LogP contribution in [-0.2, 0) is 4.84 Å². The number of halogens is 1. The van der Waals surface area contributed by atoms with Crippen LogP contribution in [0.15, 0.2) is 53.7 Å². The van der Waals surface area contributed by atoms with E-state index in [0.29, 0.717) is 21.3 Å². The highest BCUT2D eigenvalue weighted by Crippen LogP contribution is 2.20. The minimum atomic E-state index is -1.02. The van der Waals surface area contributed by atoms with Crippen molar-refractivity contribution in [1.82, 2.24) is 15.0 Å². The minimum Gasteiger partial charge on any atom is -1.00 e. The number of hydrogen-bond acceptors (Lipinski definition) is 7. The van der Waals surface area contributed by atoms with E-state index in [2.05, 4.69) is 20.4 Å². The summed E-state index contributed by atoms with van der Waals surface area (Å²) < 4.78 is 1.47. The molecule has 3 rings (SSSR count). The second-order valence-electron chi connectivity index (χ2n) is 5.46. The van der Waals surface area contributed by atoms with Gasteiger partial charge in [-0.15, -0.1) is 0 Å². The maximum Gasteiger partial charge on any atom is 0.335 e. The molecular formula is C17H15IN5O5S+. The Morgan fingerprint density at radius 1 is 1.14 bits per heavy atom. The molecule has 12 heteroatoms. The highest BCUT2D eigenvalue weighted by atomic mass is 127. The summed E-state index contributed by atoms with van der Waals surface area (Å²) in [5.41, 5.74) is 1.49. The molecule has 0 saturated heterocycles. The number of Topliss-reactive ketones (excluding diaryl/α,β-unsaturated/α-hetero) is 1. The molecule has 0 amide bonds. The fourth-order valence-corrected chi connectivity index (χ4v) is 3.10. The van der Waals surface area contributed by atoms with E-state index in [4.69, 9.17) is 5.11 Å². The predicted octanol–water partition coefficient (Wildman–Crippen LogP) is -1.27. The molecule has 0 spiro atoms. The van der Waals surface area contributed by atoms with Crippen LogP contribution < -0.4 is 29.2 Å². The van der Waals surface area contributed by atoms with Gasteiger partial charge in [0.05, 0.1) is 16.2 Å². The number of carbonyl (C=O) groups excluding carboxylic acids is 1. The van der Waals surface area contributed by atoms with Crippen LogP contribution in [0.3, 0.4) is 0 Å². The first kappa shape index (κ1) is 22.4. The summed E-state index contributed by atoms with van der Waals surface area (Å²) in [6.07, 6.45) is 0. The average molecular weight is 528 g/mol. The van der Waals surface area contributed by atoms with E-state index in [9.17, 15) is 14.5 Å². The Kier molecular flexibility index (Phi) is 7.78. The monoisotopic (exact) mass is 528 g/mol. The van der Waals surface area contributed by atoms with Gasteiger partial charge in [-0.2, -0.15) is 0 Å². The molecule has 0 saturated carbocycles. The van der Waals surface area contributed by atoms with Gasteiger partial charge in [-0.25, -0.2) is 9.63 Å². The van der Waals surface area contributed by atoms with E-state index in [-0.39, 0.29) is 46.8 Å². The van der Waals surface area contributed by atoms with Gasteiger partial charge in [-0.3, -0.25) is 4.79 Å². The normalized spacial score (nSPS) is 10.1. The zero-order valence-corrected chi connectivity index (χ0v) is 18.0. The molecule has 1 heterocycles. The number of carboxylic acids is 1. The zero-order chi connectivity index (χ0) is 20.1. The van der Waals surface area contributed by atoms with E-state index in [1.165, 1.54) is 47.8 Å². The first-order valence-corrected chi connectivity index (χ1v) is 8.92. The summed E-state index contributed by atoms with van der Waals surface area (Å²) in [6.45, 7) is 0. The zero-order valence-electron chi connectivity index (χ0n) is 15.0. The van der Waals surface area contributed by atoms with Crippen LogP contribution in [0, 0.1) is 4.91 Å². The lowest BCUT2D eigenvalue weighted by Crippen LogP contribution is -3.00. The molecule has 2 aromatic carbocycles. The molecule has 0 aliphatic carbocycles. The Balaban J connectivity index is 0.00000300. The van der Waals surface area contributed by atoms with Gasteiger partial charge in [0.2, 0.25) is 0 Å². The smallest absolute Gasteiger partial charge is 0.335 e. The molecule has 150 valence electrons. The number of nitrogens with one attached hydrogen (secondary N) is 1. The maximum atomic E-state index is 12.4. The van der Waals surface area contributed by atoms with Crippen LogP contribution in [0.1, 0.15) is 20.7 Å². The van der Waals surface area contributed by atoms with Gasteiger partial charge in [0, 0.05) is 17.7 Å². The number of rotatable bonds is 8. The molecule has 10 nitrogen and oxygen atoms in total. The van der Waals surface area contributed by atoms with Gasteiger partial charge in [-0.1, -0.05) is 4.68 Å². The highest BCUT2D eigenvalue weighted by molar-refractivity contribution is 7.99. The molecule has 0 atom stereocenters. The molecule has 2 N–H and O–H groups in total. The van der Waals surface area contributed by atoms with Crippen LogP contribution in [0.5, 0.6) is 0 Å². The first-order chi connectivity index (χ1) is 13.5. The van der Waals surface area contributed by atoms with Crippen molar-refractivity contribution in [3.05, 3.63) is 64.6 Å². The molecule has 0 fully saturated rings. The Hall–Kier alpha value is -2.87. The number of benzene rings is 2. The molecule has 0 aliphatic rings. The first-order valence-electron chi connectivity index (χ1n) is 7.94. The Morgan fingerprint density at radius 2 is 1.76 bits per heavy atom. The topological polar surface area (TPSA) is 129 Å². The molecule has 0 aliphatic heterocycles. The number of carboxylic acid groups (broad SMARTS) is 1. The van der Waals surface area contributed by atoms with Crippen LogP contribution in [0.4, 0.5) is 5.69 Å². The van der Waals surface area contributed by atoms with E-state index >= 15 is 0 Å². The van der Waals surface area contributed by atoms with Crippen molar-refractivity contribution in [1.29, 1.82) is 0 Å². The highest BCUT2D eigenvalue weighted by Gasteiger charge is 2.20. The number of nitrogens with zero attached hydrogens (tertiary/aromatic N) is 4. The number of ketones is 1. The standard InChI is InChI=1S/C17H13N5O5S.HI/c1-27-22(26)14-8-2-11(3-9-14)15(23)10-28-17-18-19-20-21(17)13-6-4-12(5-7-13)16(24)25;/h2-9H,10H2,1H3;1H/p+1. The Bertz CT molecular complexity index is 1020. The van der Waals surface area contributed by atoms with Crippen LogP contribution in [-0.4, -0.2) is 49.6 Å². The molecular weight excluding hydrogens is 513 g/mol. The molecule has 0 unspecified atom stereocenters. The lowest BCUT2D eigenvalue weighted by molar-refractivity contribution is -0.736. The minimum absolute atomic E-state index is 0. The van der Waals surface area contributed by atoms with Crippen molar-refractivity contribution in [2.45, 2.75) is 5.16 Å². The lowest BCUT2D eigenvalue weighted by Gasteiger charge is -2.00. The van der Waals surface area contributed by atoms with Gasteiger partial charge >= 0.3 is 16.8 Å². The average Bonchev–Trinajstić information content (AvgIpc) is 3.20. The number of hydrogen-bond donors (Lipinski definition) is 1. The van der Waals surface area contributed by atoms with Crippen molar-refractivity contribution in [3.63, 3.8) is 0 Å². The number of aromatic amines is 1. The summed E-state index contributed by atoms with van der Waals surface area (Å²) in [5.74, 6) is -1.07. The SMILES string of the molecule is CO[N+](=O)c1ccc(C(=O)CSc2n[nH+]nn2-c2ccc(C(=O)O)cc2)cc1.[I-]. The molecule has 0 radical (unpaired) electrons. The van der Waals surface area contributed by atoms with E-state index in [1.807, 2.05) is 0 Å². The van der Waals surface area contributed by atoms with Crippen molar-refractivity contribution >= 4 is 29.2 Å². The molecule has 29 heavy (non-hydrogen) atoms. The fraction of sp³-hybridized carbons (Fsp3) is 0.118. The number of H-pyrrole nitrogens is 1. The number of thioether (sulfide) groups is 1. The van der Waals surface area contributed by atoms with Gasteiger partial charge in [0.25, 0.3) is 4.92 Å². The maximum absolute atomic E-state index is 12.4. The third-order valence-electron chi connectivity index (χ3n) is 3.73. The van der Waals surface area contributed by atoms with Crippen molar-refractivity contribution < 1.29 is 53.6 Å². The Morgan fingerprint density at radius 3 is 2.34 bits per heavy atom. The van der Waals surface area contributed by atoms with E-state index < -0.39 is 5.97 Å². The summed E-state index contributed by atoms with van der Waals surface area (Å²) in [5, 5.41) is 19.9. The summed E-state index contributed by atoms with van der Waals surface area (Å²) >= 11 is 1.17. The van der Waals surface area contributed by atoms with Crippen LogP contribution in [0.2, 0.25) is 0 Å². The number of tetrazole rings is 1. The van der Waals surface area contributed by atoms with Crippen LogP contribution in [0.25, 0.3) is 5.69 Å².